The number of aromatic hydroxyl groups is 1. The van der Waals surface area contributed by atoms with Gasteiger partial charge in [0.1, 0.15) is 0 Å². The first kappa shape index (κ1) is 9.64. The molecule has 78 valence electrons. The first-order valence-corrected chi connectivity index (χ1v) is 4.12. The maximum absolute atomic E-state index is 13.2. The second kappa shape index (κ2) is 3.05. The molecule has 3 nitrogen and oxygen atoms in total. The monoisotopic (exact) mass is 212 g/mol. The third-order valence-corrected chi connectivity index (χ3v) is 2.07. The van der Waals surface area contributed by atoms with E-state index < -0.39 is 28.6 Å². The summed E-state index contributed by atoms with van der Waals surface area (Å²) in [6, 6.07) is 2.20. The average molecular weight is 212 g/mol. The molecule has 0 unspecified atom stereocenters. The third-order valence-electron chi connectivity index (χ3n) is 2.07. The summed E-state index contributed by atoms with van der Waals surface area (Å²) >= 11 is 0. The predicted molar refractivity (Wildman–Crippen MR) is 48.8 cm³/mol. The van der Waals surface area contributed by atoms with Crippen LogP contribution in [-0.2, 0) is 0 Å². The number of fused-ring (bicyclic) bond motifs is 1. The van der Waals surface area contributed by atoms with Crippen LogP contribution in [0, 0.1) is 18.6 Å². The lowest BCUT2D eigenvalue weighted by atomic mass is 10.2. The predicted octanol–water partition coefficient (Wildman–Crippen LogP) is 2.09. The van der Waals surface area contributed by atoms with Crippen molar-refractivity contribution in [2.75, 3.05) is 0 Å². The Bertz CT molecular complexity index is 602. The molecule has 0 saturated carbocycles. The van der Waals surface area contributed by atoms with E-state index >= 15 is 0 Å². The lowest BCUT2D eigenvalue weighted by Gasteiger charge is -2.02. The summed E-state index contributed by atoms with van der Waals surface area (Å²) in [5.74, 6) is -3.50. The Kier molecular flexibility index (Phi) is 1.96. The van der Waals surface area contributed by atoms with E-state index in [4.69, 9.17) is 5.11 Å². The van der Waals surface area contributed by atoms with Crippen molar-refractivity contribution in [2.45, 2.75) is 6.92 Å². The highest BCUT2D eigenvalue weighted by molar-refractivity contribution is 5.79. The number of benzene rings is 1. The van der Waals surface area contributed by atoms with Crippen LogP contribution in [0.1, 0.15) is 5.56 Å². The molecule has 1 heterocycles. The Morgan fingerprint density at radius 1 is 1.33 bits per heavy atom. The van der Waals surface area contributed by atoms with Gasteiger partial charge in [-0.05, 0) is 19.1 Å². The van der Waals surface area contributed by atoms with Gasteiger partial charge in [0.05, 0.1) is 0 Å². The van der Waals surface area contributed by atoms with Crippen LogP contribution >= 0.6 is 0 Å². The van der Waals surface area contributed by atoms with Crippen LogP contribution in [0.4, 0.5) is 8.78 Å². The molecule has 0 aliphatic carbocycles. The van der Waals surface area contributed by atoms with Gasteiger partial charge >= 0.3 is 5.63 Å². The van der Waals surface area contributed by atoms with Gasteiger partial charge in [-0.25, -0.2) is 9.18 Å². The molecule has 0 amide bonds. The molecule has 0 bridgehead atoms. The molecule has 0 aliphatic heterocycles. The Morgan fingerprint density at radius 2 is 2.00 bits per heavy atom. The average Bonchev–Trinajstić information content (AvgIpc) is 2.19. The summed E-state index contributed by atoms with van der Waals surface area (Å²) in [6.45, 7) is 1.47. The van der Waals surface area contributed by atoms with Crippen LogP contribution in [0.2, 0.25) is 0 Å². The Hall–Kier alpha value is -1.91. The highest BCUT2D eigenvalue weighted by Gasteiger charge is 2.15. The number of aryl methyl sites for hydroxylation is 1. The van der Waals surface area contributed by atoms with E-state index in [0.717, 1.165) is 6.07 Å². The van der Waals surface area contributed by atoms with Gasteiger partial charge in [-0.3, -0.25) is 0 Å². The molecule has 15 heavy (non-hydrogen) atoms. The van der Waals surface area contributed by atoms with Gasteiger partial charge in [0.2, 0.25) is 5.82 Å². The van der Waals surface area contributed by atoms with E-state index in [1.165, 1.54) is 13.0 Å². The second-order valence-electron chi connectivity index (χ2n) is 3.16. The van der Waals surface area contributed by atoms with Crippen LogP contribution in [0.3, 0.4) is 0 Å². The summed E-state index contributed by atoms with van der Waals surface area (Å²) in [5.41, 5.74) is -0.913. The molecule has 1 N–H and O–H groups in total. The zero-order valence-corrected chi connectivity index (χ0v) is 7.67. The van der Waals surface area contributed by atoms with Gasteiger partial charge in [-0.15, -0.1) is 0 Å². The van der Waals surface area contributed by atoms with Crippen molar-refractivity contribution in [3.8, 4) is 5.75 Å². The first-order chi connectivity index (χ1) is 7.00. The van der Waals surface area contributed by atoms with Crippen LogP contribution in [0.15, 0.2) is 21.3 Å². The van der Waals surface area contributed by atoms with Crippen molar-refractivity contribution in [1.82, 2.24) is 0 Å². The molecule has 0 spiro atoms. The van der Waals surface area contributed by atoms with Gasteiger partial charge in [0.25, 0.3) is 0 Å². The van der Waals surface area contributed by atoms with Crippen molar-refractivity contribution < 1.29 is 18.3 Å². The molecule has 0 saturated heterocycles. The van der Waals surface area contributed by atoms with Crippen LogP contribution in [0.5, 0.6) is 5.75 Å². The van der Waals surface area contributed by atoms with E-state index in [1.54, 1.807) is 0 Å². The largest absolute Gasteiger partial charge is 0.503 e. The van der Waals surface area contributed by atoms with E-state index in [-0.39, 0.29) is 10.9 Å². The standard InChI is InChI=1S/C10H6F2O3/c1-4-2-5-3-6(11)8(13)7(12)9(5)15-10(4)14/h2-3,13H,1H3. The summed E-state index contributed by atoms with van der Waals surface area (Å²) in [6.07, 6.45) is 0. The minimum Gasteiger partial charge on any atom is -0.503 e. The number of phenols is 1. The Morgan fingerprint density at radius 3 is 2.67 bits per heavy atom. The second-order valence-corrected chi connectivity index (χ2v) is 3.16. The number of rotatable bonds is 0. The molecular formula is C10H6F2O3. The SMILES string of the molecule is Cc1cc2cc(F)c(O)c(F)c2oc1=O. The molecule has 0 atom stereocenters. The summed E-state index contributed by atoms with van der Waals surface area (Å²) in [5, 5.41) is 9.05. The van der Waals surface area contributed by atoms with E-state index in [2.05, 4.69) is 4.42 Å². The number of halogens is 2. The van der Waals surface area contributed by atoms with Crippen LogP contribution < -0.4 is 5.63 Å². The quantitative estimate of drug-likeness (QED) is 0.680. The number of hydrogen-bond acceptors (Lipinski definition) is 3. The maximum atomic E-state index is 13.2. The number of hydrogen-bond donors (Lipinski definition) is 1. The summed E-state index contributed by atoms with van der Waals surface area (Å²) in [7, 11) is 0. The highest BCUT2D eigenvalue weighted by Crippen LogP contribution is 2.27. The zero-order chi connectivity index (χ0) is 11.2. The molecule has 0 aliphatic rings. The van der Waals surface area contributed by atoms with E-state index in [1.807, 2.05) is 0 Å². The fraction of sp³-hybridized carbons (Fsp3) is 0.100. The van der Waals surface area contributed by atoms with Crippen LogP contribution in [0.25, 0.3) is 11.0 Å². The minimum atomic E-state index is -1.26. The van der Waals surface area contributed by atoms with Gasteiger partial charge < -0.3 is 9.52 Å². The van der Waals surface area contributed by atoms with Gasteiger partial charge in [0.15, 0.2) is 17.1 Å². The van der Waals surface area contributed by atoms with Crippen molar-refractivity contribution >= 4 is 11.0 Å². The fourth-order valence-electron chi connectivity index (χ4n) is 1.29. The van der Waals surface area contributed by atoms with Crippen molar-refractivity contribution in [3.05, 3.63) is 39.8 Å². The summed E-state index contributed by atoms with van der Waals surface area (Å²) < 4.78 is 30.8. The lowest BCUT2D eigenvalue weighted by molar-refractivity contribution is 0.392. The van der Waals surface area contributed by atoms with E-state index in [9.17, 15) is 13.6 Å². The molecule has 1 aromatic carbocycles. The van der Waals surface area contributed by atoms with Crippen molar-refractivity contribution in [2.24, 2.45) is 0 Å². The molecular weight excluding hydrogens is 206 g/mol. The van der Waals surface area contributed by atoms with Gasteiger partial charge in [0, 0.05) is 10.9 Å². The highest BCUT2D eigenvalue weighted by atomic mass is 19.1. The third kappa shape index (κ3) is 1.36. The maximum Gasteiger partial charge on any atom is 0.339 e. The fourth-order valence-corrected chi connectivity index (χ4v) is 1.29. The van der Waals surface area contributed by atoms with Crippen molar-refractivity contribution in [3.63, 3.8) is 0 Å². The summed E-state index contributed by atoms with van der Waals surface area (Å²) in [4.78, 5) is 11.1. The van der Waals surface area contributed by atoms with Gasteiger partial charge in [-0.2, -0.15) is 4.39 Å². The minimum absolute atomic E-state index is 0.0971. The molecule has 1 aromatic heterocycles. The normalized spacial score (nSPS) is 10.9. The molecule has 0 radical (unpaired) electrons. The van der Waals surface area contributed by atoms with Crippen molar-refractivity contribution in [1.29, 1.82) is 0 Å². The molecule has 5 heteroatoms. The lowest BCUT2D eigenvalue weighted by Crippen LogP contribution is -2.03. The number of phenolic OH excluding ortho intramolecular Hbond substituents is 1. The molecule has 2 aromatic rings. The zero-order valence-electron chi connectivity index (χ0n) is 7.67. The van der Waals surface area contributed by atoms with Gasteiger partial charge in [-0.1, -0.05) is 0 Å². The van der Waals surface area contributed by atoms with E-state index in [0.29, 0.717) is 0 Å². The Balaban J connectivity index is 3.00. The van der Waals surface area contributed by atoms with Crippen LogP contribution in [-0.4, -0.2) is 5.11 Å². The molecule has 2 rings (SSSR count). The Labute approximate surface area is 82.6 Å². The topological polar surface area (TPSA) is 50.4 Å². The first-order valence-electron chi connectivity index (χ1n) is 4.12. The molecule has 0 fully saturated rings. The smallest absolute Gasteiger partial charge is 0.339 e.